The number of amides is 1. The topological polar surface area (TPSA) is 56.8 Å². The van der Waals surface area contributed by atoms with Gasteiger partial charge in [0.05, 0.1) is 20.3 Å². The molecule has 1 amide bonds. The lowest BCUT2D eigenvalue weighted by atomic mass is 10.1. The lowest BCUT2D eigenvalue weighted by Crippen LogP contribution is -2.37. The Morgan fingerprint density at radius 1 is 1.04 bits per heavy atom. The van der Waals surface area contributed by atoms with Crippen LogP contribution in [0.5, 0.6) is 17.2 Å². The van der Waals surface area contributed by atoms with E-state index in [0.717, 1.165) is 5.56 Å². The van der Waals surface area contributed by atoms with Crippen LogP contribution in [0.4, 0.5) is 0 Å². The number of hydrogen-bond donors (Lipinski definition) is 1. The second-order valence-corrected chi connectivity index (χ2v) is 5.99. The van der Waals surface area contributed by atoms with E-state index in [4.69, 9.17) is 25.8 Å². The molecule has 0 bridgehead atoms. The van der Waals surface area contributed by atoms with Gasteiger partial charge < -0.3 is 19.5 Å². The van der Waals surface area contributed by atoms with Crippen LogP contribution in [0.2, 0.25) is 5.02 Å². The van der Waals surface area contributed by atoms with Gasteiger partial charge in [-0.05, 0) is 50.2 Å². The zero-order valence-electron chi connectivity index (χ0n) is 14.7. The molecule has 6 heteroatoms. The Balaban J connectivity index is 2.06. The summed E-state index contributed by atoms with van der Waals surface area (Å²) in [6, 6.07) is 12.1. The summed E-state index contributed by atoms with van der Waals surface area (Å²) in [4.78, 5) is 12.4. The third-order valence-corrected chi connectivity index (χ3v) is 3.98. The Kier molecular flexibility index (Phi) is 6.53. The fraction of sp³-hybridized carbons (Fsp3) is 0.316. The van der Waals surface area contributed by atoms with Crippen molar-refractivity contribution in [3.8, 4) is 17.2 Å². The molecule has 2 rings (SSSR count). The van der Waals surface area contributed by atoms with E-state index in [1.165, 1.54) is 0 Å². The summed E-state index contributed by atoms with van der Waals surface area (Å²) in [7, 11) is 3.18. The molecule has 0 aliphatic rings. The molecule has 0 unspecified atom stereocenters. The normalized spacial score (nSPS) is 12.8. The molecule has 0 heterocycles. The van der Waals surface area contributed by atoms with Crippen LogP contribution < -0.4 is 19.5 Å². The van der Waals surface area contributed by atoms with Crippen LogP contribution >= 0.6 is 11.6 Å². The molecule has 0 spiro atoms. The smallest absolute Gasteiger partial charge is 0.261 e. The first kappa shape index (κ1) is 18.9. The van der Waals surface area contributed by atoms with E-state index in [1.54, 1.807) is 45.4 Å². The highest BCUT2D eigenvalue weighted by Gasteiger charge is 2.20. The highest BCUT2D eigenvalue weighted by Crippen LogP contribution is 2.29. The van der Waals surface area contributed by atoms with Gasteiger partial charge in [-0.25, -0.2) is 0 Å². The quantitative estimate of drug-likeness (QED) is 0.807. The predicted octanol–water partition coefficient (Wildman–Crippen LogP) is 4.00. The first-order valence-electron chi connectivity index (χ1n) is 7.89. The van der Waals surface area contributed by atoms with Crippen molar-refractivity contribution in [2.24, 2.45) is 0 Å². The average Bonchev–Trinajstić information content (AvgIpc) is 2.60. The largest absolute Gasteiger partial charge is 0.497 e. The van der Waals surface area contributed by atoms with Crippen LogP contribution in [-0.4, -0.2) is 26.2 Å². The summed E-state index contributed by atoms with van der Waals surface area (Å²) in [5.74, 6) is 1.68. The lowest BCUT2D eigenvalue weighted by Gasteiger charge is -2.21. The van der Waals surface area contributed by atoms with E-state index in [-0.39, 0.29) is 11.9 Å². The van der Waals surface area contributed by atoms with Gasteiger partial charge in [0.25, 0.3) is 5.91 Å². The van der Waals surface area contributed by atoms with Crippen LogP contribution in [0.15, 0.2) is 42.5 Å². The van der Waals surface area contributed by atoms with Gasteiger partial charge in [-0.3, -0.25) is 4.79 Å². The van der Waals surface area contributed by atoms with Crippen molar-refractivity contribution in [2.75, 3.05) is 14.2 Å². The third kappa shape index (κ3) is 5.03. The van der Waals surface area contributed by atoms with E-state index in [0.29, 0.717) is 22.3 Å². The lowest BCUT2D eigenvalue weighted by molar-refractivity contribution is -0.127. The molecule has 0 aliphatic heterocycles. The van der Waals surface area contributed by atoms with Crippen molar-refractivity contribution in [2.45, 2.75) is 26.0 Å². The Labute approximate surface area is 152 Å². The van der Waals surface area contributed by atoms with Gasteiger partial charge in [0.2, 0.25) is 0 Å². The summed E-state index contributed by atoms with van der Waals surface area (Å²) in [6.45, 7) is 3.56. The van der Waals surface area contributed by atoms with E-state index in [2.05, 4.69) is 5.32 Å². The number of rotatable bonds is 7. The van der Waals surface area contributed by atoms with Crippen LogP contribution in [0.1, 0.15) is 25.5 Å². The standard InChI is InChI=1S/C19H22ClNO4/c1-12(17-11-15(23-3)8-9-18(17)24-4)21-19(22)13(2)25-16-7-5-6-14(20)10-16/h5-13H,1-4H3,(H,21,22)/t12-,13-/m1/s1. The van der Waals surface area contributed by atoms with E-state index < -0.39 is 6.10 Å². The van der Waals surface area contributed by atoms with Crippen molar-refractivity contribution in [1.82, 2.24) is 5.32 Å². The minimum absolute atomic E-state index is 0.239. The van der Waals surface area contributed by atoms with Crippen molar-refractivity contribution in [3.05, 3.63) is 53.1 Å². The zero-order chi connectivity index (χ0) is 18.4. The number of hydrogen-bond acceptors (Lipinski definition) is 4. The summed E-state index contributed by atoms with van der Waals surface area (Å²) < 4.78 is 16.2. The molecule has 0 radical (unpaired) electrons. The van der Waals surface area contributed by atoms with Gasteiger partial charge >= 0.3 is 0 Å². The number of carbonyl (C=O) groups is 1. The first-order chi connectivity index (χ1) is 11.9. The van der Waals surface area contributed by atoms with Gasteiger partial charge in [-0.1, -0.05) is 17.7 Å². The van der Waals surface area contributed by atoms with Gasteiger partial charge in [0.1, 0.15) is 17.2 Å². The maximum atomic E-state index is 12.4. The highest BCUT2D eigenvalue weighted by atomic mass is 35.5. The number of halogens is 1. The Hall–Kier alpha value is -2.40. The molecular weight excluding hydrogens is 342 g/mol. The zero-order valence-corrected chi connectivity index (χ0v) is 15.5. The summed E-state index contributed by atoms with van der Waals surface area (Å²) >= 11 is 5.93. The highest BCUT2D eigenvalue weighted by molar-refractivity contribution is 6.30. The van der Waals surface area contributed by atoms with Crippen molar-refractivity contribution in [1.29, 1.82) is 0 Å². The molecule has 2 aromatic rings. The molecule has 5 nitrogen and oxygen atoms in total. The molecule has 134 valence electrons. The van der Waals surface area contributed by atoms with Crippen LogP contribution in [0, 0.1) is 0 Å². The molecule has 25 heavy (non-hydrogen) atoms. The Bertz CT molecular complexity index is 735. The monoisotopic (exact) mass is 363 g/mol. The summed E-state index contributed by atoms with van der Waals surface area (Å²) in [5, 5.41) is 3.48. The van der Waals surface area contributed by atoms with E-state index in [9.17, 15) is 4.79 Å². The number of ether oxygens (including phenoxy) is 3. The number of carbonyl (C=O) groups excluding carboxylic acids is 1. The second kappa shape index (κ2) is 8.62. The molecule has 1 N–H and O–H groups in total. The molecule has 2 atom stereocenters. The fourth-order valence-corrected chi connectivity index (χ4v) is 2.56. The van der Waals surface area contributed by atoms with Crippen molar-refractivity contribution >= 4 is 17.5 Å². The Morgan fingerprint density at radius 3 is 2.44 bits per heavy atom. The molecule has 0 aliphatic carbocycles. The van der Waals surface area contributed by atoms with Gasteiger partial charge in [-0.15, -0.1) is 0 Å². The minimum Gasteiger partial charge on any atom is -0.497 e. The van der Waals surface area contributed by atoms with Crippen molar-refractivity contribution in [3.63, 3.8) is 0 Å². The SMILES string of the molecule is COc1ccc(OC)c([C@@H](C)NC(=O)[C@@H](C)Oc2cccc(Cl)c2)c1. The van der Waals surface area contributed by atoms with E-state index in [1.807, 2.05) is 25.1 Å². The molecule has 2 aromatic carbocycles. The van der Waals surface area contributed by atoms with Gasteiger partial charge in [-0.2, -0.15) is 0 Å². The van der Waals surface area contributed by atoms with E-state index >= 15 is 0 Å². The minimum atomic E-state index is -0.669. The number of benzene rings is 2. The predicted molar refractivity (Wildman–Crippen MR) is 97.6 cm³/mol. The van der Waals surface area contributed by atoms with Gasteiger partial charge in [0, 0.05) is 10.6 Å². The molecular formula is C19H22ClNO4. The molecule has 0 saturated carbocycles. The first-order valence-corrected chi connectivity index (χ1v) is 8.27. The maximum absolute atomic E-state index is 12.4. The second-order valence-electron chi connectivity index (χ2n) is 5.56. The van der Waals surface area contributed by atoms with Crippen LogP contribution in [0.3, 0.4) is 0 Å². The summed E-state index contributed by atoms with van der Waals surface area (Å²) in [5.41, 5.74) is 0.824. The maximum Gasteiger partial charge on any atom is 0.261 e. The third-order valence-electron chi connectivity index (χ3n) is 3.74. The summed E-state index contributed by atoms with van der Waals surface area (Å²) in [6.07, 6.45) is -0.669. The van der Waals surface area contributed by atoms with Crippen LogP contribution in [-0.2, 0) is 4.79 Å². The molecule has 0 saturated heterocycles. The number of nitrogens with one attached hydrogen (secondary N) is 1. The van der Waals surface area contributed by atoms with Gasteiger partial charge in [0.15, 0.2) is 6.10 Å². The molecule has 0 fully saturated rings. The van der Waals surface area contributed by atoms with Crippen molar-refractivity contribution < 1.29 is 19.0 Å². The fourth-order valence-electron chi connectivity index (χ4n) is 2.38. The Morgan fingerprint density at radius 2 is 1.80 bits per heavy atom. The average molecular weight is 364 g/mol. The molecule has 0 aromatic heterocycles. The van der Waals surface area contributed by atoms with Crippen LogP contribution in [0.25, 0.3) is 0 Å². The number of methoxy groups -OCH3 is 2.